The maximum atomic E-state index is 13.8. The van der Waals surface area contributed by atoms with Crippen LogP contribution in [-0.4, -0.2) is 216 Å². The summed E-state index contributed by atoms with van der Waals surface area (Å²) < 4.78 is 236. The van der Waals surface area contributed by atoms with Crippen molar-refractivity contribution >= 4 is 82.1 Å². The number of nitrogen functional groups attached to an aromatic ring is 1. The number of carbonyl (C=O) groups excluding carboxylic acids is 1. The van der Waals surface area contributed by atoms with Crippen molar-refractivity contribution in [2.24, 2.45) is 0 Å². The second-order valence-corrected chi connectivity index (χ2v) is 34.6. The molecule has 9 unspecified atom stereocenters. The molecule has 2 aromatic rings. The number of aliphatic hydroxyl groups excluding tert-OH is 3. The van der Waals surface area contributed by atoms with Crippen molar-refractivity contribution in [2.75, 3.05) is 25.8 Å². The number of alkyl halides is 3. The highest BCUT2D eigenvalue weighted by Crippen LogP contribution is 2.70. The monoisotopic (exact) mass is 1670 g/mol. The Bertz CT molecular complexity index is 4140. The Morgan fingerprint density at radius 2 is 0.950 bits per heavy atom. The zero-order valence-electron chi connectivity index (χ0n) is 50.2. The van der Waals surface area contributed by atoms with Crippen molar-refractivity contribution < 1.29 is 215 Å². The number of hydrogen-bond acceptors (Lipinski definition) is 34. The number of aromatic amines is 1. The van der Waals surface area contributed by atoms with Crippen LogP contribution in [0.2, 0.25) is 0 Å². The van der Waals surface area contributed by atoms with E-state index in [2.05, 4.69) is 51.0 Å². The summed E-state index contributed by atoms with van der Waals surface area (Å²) in [5.74, 6) is -6.70. The molecule has 0 aliphatic carbocycles. The average molecular weight is 1670 g/mol. The van der Waals surface area contributed by atoms with Crippen molar-refractivity contribution in [2.45, 2.75) is 124 Å². The number of hydrogen-bond donors (Lipinski definition) is 21. The van der Waals surface area contributed by atoms with Crippen LogP contribution < -0.4 is 28.0 Å². The van der Waals surface area contributed by atoms with Crippen LogP contribution in [0.25, 0.3) is 0 Å². The number of phosphoric ester groups is 3. The number of rotatable bonds is 27. The number of aromatic nitrogens is 4. The molecule has 3 saturated heterocycles. The van der Waals surface area contributed by atoms with Gasteiger partial charge >= 0.3 is 81.8 Å². The third-order valence-electron chi connectivity index (χ3n) is 12.9. The number of amides is 1. The quantitative estimate of drug-likeness (QED) is 0.0313. The van der Waals surface area contributed by atoms with Gasteiger partial charge in [-0.25, -0.2) is 68.2 Å². The Kier molecular flexibility index (Phi) is 28.0. The fourth-order valence-corrected chi connectivity index (χ4v) is 18.8. The molecule has 4 aliphatic rings. The van der Waals surface area contributed by atoms with Gasteiger partial charge in [-0.15, -0.1) is 0 Å². The summed E-state index contributed by atoms with van der Waals surface area (Å²) in [4.78, 5) is 160. The second kappa shape index (κ2) is 31.4. The van der Waals surface area contributed by atoms with Gasteiger partial charge in [-0.1, -0.05) is 6.58 Å². The molecule has 4 aliphatic heterocycles. The number of nitrogens with two attached hydrogens (primary N) is 1. The number of anilines is 1. The van der Waals surface area contributed by atoms with Crippen molar-refractivity contribution in [3.63, 3.8) is 0 Å². The zero-order valence-corrected chi connectivity index (χ0v) is 58.3. The molecule has 0 saturated carbocycles. The minimum Gasteiger partial charge on any atom is -0.387 e. The molecule has 6 rings (SSSR count). The highest BCUT2D eigenvalue weighted by molar-refractivity contribution is 7.68. The Hall–Kier alpha value is -3.44. The number of nitrogens with zero attached hydrogens (tertiary/aromatic N) is 4. The lowest BCUT2D eigenvalue weighted by atomic mass is 9.88. The summed E-state index contributed by atoms with van der Waals surface area (Å²) in [5.41, 5.74) is -12.5. The molecule has 3 fully saturated rings. The number of phosphoric acid groups is 9. The Morgan fingerprint density at radius 3 is 1.36 bits per heavy atom. The van der Waals surface area contributed by atoms with Gasteiger partial charge in [0.05, 0.1) is 18.5 Å². The SMILES string of the molecule is C=C1NC(=O)C(F)=CN1[C@@H]1O[C@H](C(C)(C)OP(=O)(O)OP(=O)(O)OP(=O)(O)O)[C@H](O)C1(O)CF.CC(C)(OP(=O)(O)OP(=O)(O)OP(=O)(O)O)[C@H]1O[C@@H](n2cc(F)c(N)nc2=O)C(O)(CF)[C@H]1O.C[C@@H](OP(=O)(O)OP(=O)(O)OP(=O)(O)O)[C@H]1O[C@@H](n2cc(F)c(=O)[nH]c2=O)C(O)(CF)[C@H]1O. The highest BCUT2D eigenvalue weighted by atomic mass is 31.3. The summed E-state index contributed by atoms with van der Waals surface area (Å²) in [5, 5.41) is 65.0. The molecule has 0 radical (unpaired) electrons. The molecule has 22 N–H and O–H groups in total. The summed E-state index contributed by atoms with van der Waals surface area (Å²) in [6.45, 7) is 2.45. The molecule has 0 bridgehead atoms. The van der Waals surface area contributed by atoms with Gasteiger partial charge in [0.1, 0.15) is 73.7 Å². The molecule has 19 atom stereocenters. The molecular weight excluding hydrogens is 1610 g/mol. The topological polar surface area (TPSA) is 777 Å². The van der Waals surface area contributed by atoms with Gasteiger partial charge in [0.25, 0.3) is 11.5 Å². The van der Waals surface area contributed by atoms with Gasteiger partial charge in [0, 0.05) is 6.20 Å². The average Bonchev–Trinajstić information content (AvgIpc) is 1.61. The lowest BCUT2D eigenvalue weighted by Crippen LogP contribution is -2.58. The van der Waals surface area contributed by atoms with E-state index < -0.39 is 232 Å². The molecule has 1 amide bonds. The minimum atomic E-state index is -5.90. The van der Waals surface area contributed by atoms with Crippen LogP contribution in [0.5, 0.6) is 0 Å². The number of carbonyl (C=O) groups is 1. The Labute approximate surface area is 555 Å². The summed E-state index contributed by atoms with van der Waals surface area (Å²) in [6, 6.07) is 0. The van der Waals surface area contributed by atoms with Gasteiger partial charge in [0.15, 0.2) is 47.1 Å². The van der Waals surface area contributed by atoms with Gasteiger partial charge < -0.3 is 120 Å². The van der Waals surface area contributed by atoms with E-state index in [0.29, 0.717) is 17.3 Å². The fraction of sp³-hybridized carbons (Fsp3) is 0.639. The standard InChI is InChI=1S/C13H21F2N2O14P3.C12H20F2N3O14P3.C11H17F2N2O15P3/c1-6-16-10(19)7(15)4-17(6)11-13(20,5-14)8(18)9(28-11)12(2,3)29-33(24,25)31-34(26,27)30-32(21,22)23;1-11(2,29-33(24,25)31-34(26,27)30-32(21,22)23)7-6(18)12(20,4-13)9(28-7)17-3-5(14)8(15)16-10(17)19;1-4(28-32(23,24)30-33(25,26)29-31(20,21)22)6-7(16)11(19,3-12)9(27-6)15-2-5(13)8(17)14-10(15)18/h4,8-9,11,18,20H,1,5H2,2-3H3,(H,16,19)(H,24,25)(H,26,27)(H2,21,22,23);3,6-7,9,18,20H,4H2,1-2H3,(H,24,25)(H,26,27)(H2,15,16,19)(H2,21,22,23);2,4,6-7,9,16,19H,3H2,1H3,(H,23,24)(H,25,26)(H,14,17,18)(H2,20,21,22)/t8-,9-,11+,13?;6-,7-,9+,12?;4-,6-,7+,9-,11?/m001/s1. The van der Waals surface area contributed by atoms with E-state index in [-0.39, 0.29) is 15.3 Å². The van der Waals surface area contributed by atoms with E-state index in [1.165, 1.54) is 4.98 Å². The van der Waals surface area contributed by atoms with E-state index in [0.717, 1.165) is 34.6 Å². The number of ether oxygens (including phenoxy) is 3. The first-order valence-electron chi connectivity index (χ1n) is 25.7. The van der Waals surface area contributed by atoms with Crippen molar-refractivity contribution in [1.82, 2.24) is 29.3 Å². The zero-order chi connectivity index (χ0) is 78.6. The smallest absolute Gasteiger partial charge is 0.387 e. The third kappa shape index (κ3) is 22.8. The summed E-state index contributed by atoms with van der Waals surface area (Å²) in [6.07, 6.45) is -20.1. The first-order chi connectivity index (χ1) is 45.1. The second-order valence-electron chi connectivity index (χ2n) is 21.5. The van der Waals surface area contributed by atoms with E-state index in [9.17, 15) is 142 Å². The van der Waals surface area contributed by atoms with Crippen LogP contribution in [0, 0.1) is 11.6 Å². The Balaban J connectivity index is 0.000000321. The van der Waals surface area contributed by atoms with Gasteiger partial charge in [-0.2, -0.15) is 39.6 Å². The van der Waals surface area contributed by atoms with Crippen molar-refractivity contribution in [3.8, 4) is 0 Å². The molecule has 65 heteroatoms. The number of halogens is 6. The molecule has 50 nitrogen and oxygen atoms in total. The Morgan fingerprint density at radius 1 is 0.584 bits per heavy atom. The highest BCUT2D eigenvalue weighted by Gasteiger charge is 2.65. The van der Waals surface area contributed by atoms with E-state index in [1.54, 1.807) is 0 Å². The lowest BCUT2D eigenvalue weighted by molar-refractivity contribution is -0.143. The van der Waals surface area contributed by atoms with Crippen LogP contribution in [0.15, 0.2) is 51.2 Å². The fourth-order valence-electron chi connectivity index (χ4n) is 8.90. The molecule has 2 aromatic heterocycles. The number of H-pyrrole nitrogens is 1. The molecule has 582 valence electrons. The van der Waals surface area contributed by atoms with Crippen molar-refractivity contribution in [3.05, 3.63) is 79.8 Å². The normalized spacial score (nSPS) is 30.7. The molecular formula is C36H58F6N7O43P9. The minimum absolute atomic E-state index is 0.178. The van der Waals surface area contributed by atoms with E-state index in [1.807, 2.05) is 5.32 Å². The molecule has 0 aromatic carbocycles. The maximum Gasteiger partial charge on any atom is 0.490 e. The third-order valence-corrected chi connectivity index (χ3v) is 24.9. The van der Waals surface area contributed by atoms with Gasteiger partial charge in [-0.3, -0.25) is 37.3 Å². The predicted molar refractivity (Wildman–Crippen MR) is 302 cm³/mol. The number of aliphatic hydroxyl groups is 6. The number of nitrogens with one attached hydrogen (secondary N) is 2. The summed E-state index contributed by atoms with van der Waals surface area (Å²) in [7, 11) is -51.9. The molecule has 101 heavy (non-hydrogen) atoms. The molecule has 0 spiro atoms. The predicted octanol–water partition coefficient (Wildman–Crippen LogP) is -2.98. The summed E-state index contributed by atoms with van der Waals surface area (Å²) >= 11 is 0. The van der Waals surface area contributed by atoms with Crippen LogP contribution in [0.4, 0.5) is 32.2 Å². The van der Waals surface area contributed by atoms with Crippen LogP contribution in [-0.2, 0) is 99.5 Å². The first kappa shape index (κ1) is 90.0. The first-order valence-corrected chi connectivity index (χ1v) is 39.2. The van der Waals surface area contributed by atoms with Crippen molar-refractivity contribution in [1.29, 1.82) is 0 Å². The van der Waals surface area contributed by atoms with Crippen LogP contribution >= 0.6 is 70.4 Å². The maximum absolute atomic E-state index is 13.8. The van der Waals surface area contributed by atoms with Crippen LogP contribution in [0.1, 0.15) is 47.1 Å². The van der Waals surface area contributed by atoms with E-state index in [4.69, 9.17) is 54.2 Å². The van der Waals surface area contributed by atoms with Gasteiger partial charge in [-0.05, 0) is 34.6 Å². The lowest BCUT2D eigenvalue weighted by Gasteiger charge is -2.37. The van der Waals surface area contributed by atoms with Gasteiger partial charge in [0.2, 0.25) is 11.6 Å². The van der Waals surface area contributed by atoms with E-state index >= 15 is 0 Å². The molecule has 6 heterocycles. The van der Waals surface area contributed by atoms with Crippen LogP contribution in [0.3, 0.4) is 0 Å². The largest absolute Gasteiger partial charge is 0.490 e.